The third kappa shape index (κ3) is 44.2. The van der Waals surface area contributed by atoms with E-state index in [2.05, 4.69) is 74.7 Å². The van der Waals surface area contributed by atoms with E-state index in [1.807, 2.05) is 0 Å². The summed E-state index contributed by atoms with van der Waals surface area (Å²) in [5.41, 5.74) is 0. The standard InChI is InChI=1S/C55H101NO5/c1-4-7-10-13-16-19-22-24-26-27-28-29-32-34-37-40-43-46-51(61-55(60)48-45-42-39-36-31-21-18-15-12-9-6-3)49-54(59)56-52(50-57)53(58)47-44-41-38-35-33-30-25-23-20-17-14-11-8-5-2/h16,19,24,26,28-29,34,37,51-53,57-58H,4-15,17-18,20-23,25,27,30-33,35-36,38-50H2,1-3H3,(H,56,59)/b19-16-,26-24-,29-28-,37-34-. The number of carbonyl (C=O) groups excluding carboxylic acids is 2. The van der Waals surface area contributed by atoms with Crippen molar-refractivity contribution in [1.82, 2.24) is 5.32 Å². The lowest BCUT2D eigenvalue weighted by Crippen LogP contribution is -2.46. The van der Waals surface area contributed by atoms with Crippen molar-refractivity contribution in [2.45, 2.75) is 283 Å². The van der Waals surface area contributed by atoms with Gasteiger partial charge in [-0.2, -0.15) is 0 Å². The first-order valence-electron chi connectivity index (χ1n) is 26.4. The molecule has 0 aromatic heterocycles. The zero-order valence-corrected chi connectivity index (χ0v) is 40.5. The molecule has 0 aromatic carbocycles. The smallest absolute Gasteiger partial charge is 0.306 e. The van der Waals surface area contributed by atoms with E-state index in [0.717, 1.165) is 70.6 Å². The van der Waals surface area contributed by atoms with Crippen molar-refractivity contribution in [3.05, 3.63) is 48.6 Å². The lowest BCUT2D eigenvalue weighted by molar-refractivity contribution is -0.151. The molecule has 0 saturated heterocycles. The van der Waals surface area contributed by atoms with Gasteiger partial charge in [-0.15, -0.1) is 0 Å². The SMILES string of the molecule is CCCCC/C=C\C/C=C\C/C=C\C/C=C\CCCC(CC(=O)NC(CO)C(O)CCCCCCCCCCCCCCCC)OC(=O)CCCCCCCCCCCCC. The Labute approximate surface area is 378 Å². The van der Waals surface area contributed by atoms with E-state index in [9.17, 15) is 19.8 Å². The van der Waals surface area contributed by atoms with Gasteiger partial charge < -0.3 is 20.3 Å². The zero-order chi connectivity index (χ0) is 44.5. The maximum Gasteiger partial charge on any atom is 0.306 e. The number of hydrogen-bond acceptors (Lipinski definition) is 5. The van der Waals surface area contributed by atoms with Gasteiger partial charge in [-0.25, -0.2) is 0 Å². The summed E-state index contributed by atoms with van der Waals surface area (Å²) in [5.74, 6) is -0.521. The van der Waals surface area contributed by atoms with E-state index >= 15 is 0 Å². The van der Waals surface area contributed by atoms with Crippen molar-refractivity contribution >= 4 is 11.9 Å². The molecule has 3 unspecified atom stereocenters. The summed E-state index contributed by atoms with van der Waals surface area (Å²) in [6.45, 7) is 6.44. The molecule has 0 aliphatic heterocycles. The van der Waals surface area contributed by atoms with Crippen LogP contribution in [0.5, 0.6) is 0 Å². The molecule has 0 heterocycles. The quantitative estimate of drug-likeness (QED) is 0.0322. The fourth-order valence-corrected chi connectivity index (χ4v) is 7.89. The summed E-state index contributed by atoms with van der Waals surface area (Å²) in [7, 11) is 0. The van der Waals surface area contributed by atoms with Gasteiger partial charge in [0.25, 0.3) is 0 Å². The second kappa shape index (κ2) is 48.8. The molecular weight excluding hydrogens is 755 g/mol. The first kappa shape index (κ1) is 58.8. The minimum absolute atomic E-state index is 0.0424. The van der Waals surface area contributed by atoms with E-state index in [-0.39, 0.29) is 24.9 Å². The number of allylic oxidation sites excluding steroid dienone is 8. The van der Waals surface area contributed by atoms with E-state index in [1.54, 1.807) is 0 Å². The van der Waals surface area contributed by atoms with Gasteiger partial charge in [0.15, 0.2) is 0 Å². The van der Waals surface area contributed by atoms with Crippen molar-refractivity contribution in [2.75, 3.05) is 6.61 Å². The average Bonchev–Trinajstić information content (AvgIpc) is 3.25. The molecule has 0 radical (unpaired) electrons. The Hall–Kier alpha value is -2.18. The molecule has 6 nitrogen and oxygen atoms in total. The number of unbranched alkanes of at least 4 members (excludes halogenated alkanes) is 27. The highest BCUT2D eigenvalue weighted by Gasteiger charge is 2.24. The molecule has 356 valence electrons. The van der Waals surface area contributed by atoms with Crippen LogP contribution in [0.15, 0.2) is 48.6 Å². The van der Waals surface area contributed by atoms with Crippen molar-refractivity contribution in [1.29, 1.82) is 0 Å². The largest absolute Gasteiger partial charge is 0.462 e. The molecule has 3 N–H and O–H groups in total. The lowest BCUT2D eigenvalue weighted by atomic mass is 10.0. The summed E-state index contributed by atoms with van der Waals surface area (Å²) in [6.07, 6.45) is 58.8. The molecule has 0 saturated carbocycles. The van der Waals surface area contributed by atoms with E-state index in [1.165, 1.54) is 148 Å². The van der Waals surface area contributed by atoms with Gasteiger partial charge >= 0.3 is 5.97 Å². The Morgan fingerprint density at radius 2 is 0.852 bits per heavy atom. The molecule has 0 bridgehead atoms. The van der Waals surface area contributed by atoms with Crippen molar-refractivity contribution in [2.24, 2.45) is 0 Å². The number of carbonyl (C=O) groups is 2. The Bertz CT molecular complexity index is 1050. The van der Waals surface area contributed by atoms with E-state index in [0.29, 0.717) is 19.3 Å². The topological polar surface area (TPSA) is 95.9 Å². The Kier molecular flexibility index (Phi) is 47.1. The molecule has 6 heteroatoms. The molecule has 0 rings (SSSR count). The highest BCUT2D eigenvalue weighted by atomic mass is 16.5. The Morgan fingerprint density at radius 1 is 0.475 bits per heavy atom. The number of rotatable bonds is 47. The first-order valence-corrected chi connectivity index (χ1v) is 26.4. The van der Waals surface area contributed by atoms with Crippen LogP contribution in [0.3, 0.4) is 0 Å². The molecule has 1 amide bonds. The third-order valence-corrected chi connectivity index (χ3v) is 11.9. The average molecular weight is 856 g/mol. The van der Waals surface area contributed by atoms with Crippen molar-refractivity contribution < 1.29 is 24.5 Å². The fourth-order valence-electron chi connectivity index (χ4n) is 7.89. The number of hydrogen-bond donors (Lipinski definition) is 3. The predicted molar refractivity (Wildman–Crippen MR) is 264 cm³/mol. The molecule has 3 atom stereocenters. The van der Waals surface area contributed by atoms with E-state index in [4.69, 9.17) is 4.74 Å². The summed E-state index contributed by atoms with van der Waals surface area (Å²) >= 11 is 0. The zero-order valence-electron chi connectivity index (χ0n) is 40.5. The Balaban J connectivity index is 4.65. The van der Waals surface area contributed by atoms with Crippen LogP contribution in [0.1, 0.15) is 265 Å². The number of aliphatic hydroxyl groups is 2. The number of ether oxygens (including phenoxy) is 1. The number of nitrogens with one attached hydrogen (secondary N) is 1. The van der Waals surface area contributed by atoms with Gasteiger partial charge in [-0.05, 0) is 64.2 Å². The summed E-state index contributed by atoms with van der Waals surface area (Å²) < 4.78 is 5.90. The summed E-state index contributed by atoms with van der Waals surface area (Å²) in [6, 6.07) is -0.717. The van der Waals surface area contributed by atoms with Gasteiger partial charge in [0.2, 0.25) is 5.91 Å². The van der Waals surface area contributed by atoms with Gasteiger partial charge in [0.1, 0.15) is 6.10 Å². The van der Waals surface area contributed by atoms with Crippen LogP contribution >= 0.6 is 0 Å². The Morgan fingerprint density at radius 3 is 1.30 bits per heavy atom. The monoisotopic (exact) mass is 856 g/mol. The molecule has 0 aromatic rings. The van der Waals surface area contributed by atoms with Gasteiger partial charge in [0, 0.05) is 6.42 Å². The highest BCUT2D eigenvalue weighted by Crippen LogP contribution is 2.17. The lowest BCUT2D eigenvalue weighted by Gasteiger charge is -2.24. The van der Waals surface area contributed by atoms with Gasteiger partial charge in [-0.1, -0.05) is 236 Å². The molecule has 61 heavy (non-hydrogen) atoms. The molecule has 0 fully saturated rings. The number of esters is 1. The molecule has 0 aliphatic rings. The van der Waals surface area contributed by atoms with Gasteiger partial charge in [0.05, 0.1) is 25.2 Å². The van der Waals surface area contributed by atoms with Crippen LogP contribution in [0.2, 0.25) is 0 Å². The van der Waals surface area contributed by atoms with Crippen LogP contribution in [-0.2, 0) is 14.3 Å². The van der Waals surface area contributed by atoms with Crippen LogP contribution in [0, 0.1) is 0 Å². The predicted octanol–water partition coefficient (Wildman–Crippen LogP) is 15.8. The fraction of sp³-hybridized carbons (Fsp3) is 0.818. The summed E-state index contributed by atoms with van der Waals surface area (Å²) in [4.78, 5) is 26.1. The molecule has 0 spiro atoms. The normalized spacial score (nSPS) is 13.6. The maximum absolute atomic E-state index is 13.2. The highest BCUT2D eigenvalue weighted by molar-refractivity contribution is 5.77. The molecule has 0 aliphatic carbocycles. The van der Waals surface area contributed by atoms with E-state index < -0.39 is 18.2 Å². The number of amides is 1. The maximum atomic E-state index is 13.2. The van der Waals surface area contributed by atoms with Crippen molar-refractivity contribution in [3.63, 3.8) is 0 Å². The first-order chi connectivity index (χ1) is 30.0. The van der Waals surface area contributed by atoms with Crippen molar-refractivity contribution in [3.8, 4) is 0 Å². The number of aliphatic hydroxyl groups excluding tert-OH is 2. The second-order valence-corrected chi connectivity index (χ2v) is 17.9. The second-order valence-electron chi connectivity index (χ2n) is 17.9. The van der Waals surface area contributed by atoms with Crippen LogP contribution in [0.4, 0.5) is 0 Å². The third-order valence-electron chi connectivity index (χ3n) is 11.9. The minimum atomic E-state index is -0.800. The molecular formula is C55H101NO5. The summed E-state index contributed by atoms with van der Waals surface area (Å²) in [5, 5.41) is 23.8. The van der Waals surface area contributed by atoms with Crippen LogP contribution in [0.25, 0.3) is 0 Å². The van der Waals surface area contributed by atoms with Crippen LogP contribution in [-0.4, -0.2) is 46.9 Å². The van der Waals surface area contributed by atoms with Gasteiger partial charge in [-0.3, -0.25) is 9.59 Å². The van der Waals surface area contributed by atoms with Crippen LogP contribution < -0.4 is 5.32 Å². The minimum Gasteiger partial charge on any atom is -0.462 e.